The maximum Gasteiger partial charge on any atom is 0.120 e. The highest BCUT2D eigenvalue weighted by atomic mass is 15.1. The molecule has 1 aromatic heterocycles. The first-order valence-corrected chi connectivity index (χ1v) is 5.04. The van der Waals surface area contributed by atoms with E-state index in [-0.39, 0.29) is 0 Å². The minimum absolute atomic E-state index is 0.635. The van der Waals surface area contributed by atoms with Crippen molar-refractivity contribution in [1.29, 1.82) is 0 Å². The van der Waals surface area contributed by atoms with E-state index in [1.807, 2.05) is 12.4 Å². The summed E-state index contributed by atoms with van der Waals surface area (Å²) in [5.41, 5.74) is 5.34. The zero-order chi connectivity index (χ0) is 10.2. The first-order valence-electron chi connectivity index (χ1n) is 5.04. The van der Waals surface area contributed by atoms with Gasteiger partial charge in [0.15, 0.2) is 0 Å². The summed E-state index contributed by atoms with van der Waals surface area (Å²) in [4.78, 5) is 4.26. The van der Waals surface area contributed by atoms with Gasteiger partial charge >= 0.3 is 0 Å². The zero-order valence-corrected chi connectivity index (χ0v) is 8.66. The van der Waals surface area contributed by atoms with E-state index in [9.17, 15) is 0 Å². The van der Waals surface area contributed by atoms with Crippen LogP contribution < -0.4 is 5.73 Å². The highest BCUT2D eigenvalue weighted by Crippen LogP contribution is 1.99. The molecule has 76 valence electrons. The lowest BCUT2D eigenvalue weighted by Gasteiger charge is -2.01. The molecule has 0 aliphatic carbocycles. The van der Waals surface area contributed by atoms with Crippen molar-refractivity contribution >= 4 is 0 Å². The molecule has 0 radical (unpaired) electrons. The van der Waals surface area contributed by atoms with Gasteiger partial charge in [-0.1, -0.05) is 12.8 Å². The SMILES string of the molecule is CCCn1ccnc1CC#CCCN. The highest BCUT2D eigenvalue weighted by Gasteiger charge is 1.98. The third-order valence-electron chi connectivity index (χ3n) is 1.91. The third-order valence-corrected chi connectivity index (χ3v) is 1.91. The number of aryl methyl sites for hydroxylation is 1. The van der Waals surface area contributed by atoms with Gasteiger partial charge in [-0.2, -0.15) is 0 Å². The Labute approximate surface area is 85.3 Å². The van der Waals surface area contributed by atoms with Crippen LogP contribution in [0.5, 0.6) is 0 Å². The third kappa shape index (κ3) is 3.23. The molecule has 0 atom stereocenters. The Kier molecular flexibility index (Phi) is 4.81. The lowest BCUT2D eigenvalue weighted by Crippen LogP contribution is -2.01. The minimum atomic E-state index is 0.635. The van der Waals surface area contributed by atoms with Crippen molar-refractivity contribution in [2.24, 2.45) is 5.73 Å². The average molecular weight is 191 g/mol. The van der Waals surface area contributed by atoms with Crippen molar-refractivity contribution in [2.75, 3.05) is 6.54 Å². The first-order chi connectivity index (χ1) is 6.88. The number of hydrogen-bond acceptors (Lipinski definition) is 2. The molecule has 3 heteroatoms. The summed E-state index contributed by atoms with van der Waals surface area (Å²) in [6, 6.07) is 0. The van der Waals surface area contributed by atoms with E-state index in [0.29, 0.717) is 6.54 Å². The maximum atomic E-state index is 5.34. The minimum Gasteiger partial charge on any atom is -0.334 e. The van der Waals surface area contributed by atoms with Crippen LogP contribution in [0.15, 0.2) is 12.4 Å². The van der Waals surface area contributed by atoms with E-state index in [2.05, 4.69) is 28.3 Å². The lowest BCUT2D eigenvalue weighted by atomic mass is 10.3. The number of nitrogens with two attached hydrogens (primary N) is 1. The zero-order valence-electron chi connectivity index (χ0n) is 8.66. The Balaban J connectivity index is 2.50. The second kappa shape index (κ2) is 6.22. The van der Waals surface area contributed by atoms with Crippen molar-refractivity contribution in [3.05, 3.63) is 18.2 Å². The molecular formula is C11H17N3. The van der Waals surface area contributed by atoms with E-state index in [0.717, 1.165) is 31.6 Å². The summed E-state index contributed by atoms with van der Waals surface area (Å²) < 4.78 is 2.15. The monoisotopic (exact) mass is 191 g/mol. The van der Waals surface area contributed by atoms with Crippen LogP contribution in [0, 0.1) is 11.8 Å². The molecule has 0 saturated heterocycles. The maximum absolute atomic E-state index is 5.34. The van der Waals surface area contributed by atoms with Crippen molar-refractivity contribution in [3.8, 4) is 11.8 Å². The Morgan fingerprint density at radius 3 is 3.07 bits per heavy atom. The van der Waals surface area contributed by atoms with Gasteiger partial charge < -0.3 is 10.3 Å². The molecule has 0 aliphatic rings. The van der Waals surface area contributed by atoms with E-state index >= 15 is 0 Å². The van der Waals surface area contributed by atoms with E-state index in [1.165, 1.54) is 0 Å². The van der Waals surface area contributed by atoms with Crippen LogP contribution in [0.25, 0.3) is 0 Å². The molecule has 0 amide bonds. The summed E-state index contributed by atoms with van der Waals surface area (Å²) in [5.74, 6) is 7.14. The predicted molar refractivity (Wildman–Crippen MR) is 57.7 cm³/mol. The molecule has 0 saturated carbocycles. The number of imidazole rings is 1. The number of nitrogens with zero attached hydrogens (tertiary/aromatic N) is 2. The van der Waals surface area contributed by atoms with Gasteiger partial charge in [-0.25, -0.2) is 4.98 Å². The molecule has 3 nitrogen and oxygen atoms in total. The molecule has 0 fully saturated rings. The van der Waals surface area contributed by atoms with E-state index < -0.39 is 0 Å². The molecule has 1 rings (SSSR count). The number of rotatable bonds is 4. The van der Waals surface area contributed by atoms with Crippen molar-refractivity contribution in [2.45, 2.75) is 32.7 Å². The van der Waals surface area contributed by atoms with Gasteiger partial charge in [0, 0.05) is 31.9 Å². The molecule has 0 aromatic carbocycles. The van der Waals surface area contributed by atoms with Gasteiger partial charge in [0.2, 0.25) is 0 Å². The molecule has 2 N–H and O–H groups in total. The first kappa shape index (κ1) is 10.8. The predicted octanol–water partition coefficient (Wildman–Crippen LogP) is 1.19. The van der Waals surface area contributed by atoms with Crippen LogP contribution >= 0.6 is 0 Å². The Hall–Kier alpha value is -1.27. The summed E-state index contributed by atoms with van der Waals surface area (Å²) in [6.07, 6.45) is 6.46. The smallest absolute Gasteiger partial charge is 0.120 e. The van der Waals surface area contributed by atoms with E-state index in [4.69, 9.17) is 5.73 Å². The standard InChI is InChI=1S/C11H17N3/c1-2-9-14-10-8-13-11(14)6-4-3-5-7-12/h8,10H,2,5-7,9,12H2,1H3. The molecular weight excluding hydrogens is 174 g/mol. The van der Waals surface area contributed by atoms with Crippen LogP contribution in [0.1, 0.15) is 25.6 Å². The van der Waals surface area contributed by atoms with Gasteiger partial charge in [-0.15, -0.1) is 5.92 Å². The molecule has 1 heterocycles. The van der Waals surface area contributed by atoms with Crippen molar-refractivity contribution < 1.29 is 0 Å². The van der Waals surface area contributed by atoms with Gasteiger partial charge in [-0.3, -0.25) is 0 Å². The fourth-order valence-corrected chi connectivity index (χ4v) is 1.25. The lowest BCUT2D eigenvalue weighted by molar-refractivity contribution is 0.650. The van der Waals surface area contributed by atoms with Crippen LogP contribution in [0.3, 0.4) is 0 Å². The Bertz CT molecular complexity index is 317. The van der Waals surface area contributed by atoms with Crippen molar-refractivity contribution in [3.63, 3.8) is 0 Å². The molecule has 14 heavy (non-hydrogen) atoms. The van der Waals surface area contributed by atoms with Gasteiger partial charge in [-0.05, 0) is 6.42 Å². The number of hydrogen-bond donors (Lipinski definition) is 1. The quantitative estimate of drug-likeness (QED) is 0.726. The van der Waals surface area contributed by atoms with Crippen LogP contribution in [0.2, 0.25) is 0 Å². The van der Waals surface area contributed by atoms with E-state index in [1.54, 1.807) is 0 Å². The molecule has 0 unspecified atom stereocenters. The largest absolute Gasteiger partial charge is 0.334 e. The number of aromatic nitrogens is 2. The van der Waals surface area contributed by atoms with Gasteiger partial charge in [0.1, 0.15) is 5.82 Å². The molecule has 0 spiro atoms. The topological polar surface area (TPSA) is 43.8 Å². The molecule has 1 aromatic rings. The van der Waals surface area contributed by atoms with Crippen LogP contribution in [-0.2, 0) is 13.0 Å². The summed E-state index contributed by atoms with van der Waals surface area (Å²) >= 11 is 0. The van der Waals surface area contributed by atoms with Crippen LogP contribution in [-0.4, -0.2) is 16.1 Å². The fraction of sp³-hybridized carbons (Fsp3) is 0.545. The molecule has 0 bridgehead atoms. The van der Waals surface area contributed by atoms with Crippen molar-refractivity contribution in [1.82, 2.24) is 9.55 Å². The second-order valence-corrected chi connectivity index (χ2v) is 3.11. The van der Waals surface area contributed by atoms with Crippen LogP contribution in [0.4, 0.5) is 0 Å². The highest BCUT2D eigenvalue weighted by molar-refractivity contribution is 5.08. The molecule has 0 aliphatic heterocycles. The Morgan fingerprint density at radius 1 is 1.50 bits per heavy atom. The average Bonchev–Trinajstić information content (AvgIpc) is 2.61. The summed E-state index contributed by atoms with van der Waals surface area (Å²) in [7, 11) is 0. The second-order valence-electron chi connectivity index (χ2n) is 3.11. The summed E-state index contributed by atoms with van der Waals surface area (Å²) in [6.45, 7) is 3.81. The summed E-state index contributed by atoms with van der Waals surface area (Å²) in [5, 5.41) is 0. The van der Waals surface area contributed by atoms with Gasteiger partial charge in [0.25, 0.3) is 0 Å². The normalized spacial score (nSPS) is 9.57. The fourth-order valence-electron chi connectivity index (χ4n) is 1.25. The van der Waals surface area contributed by atoms with Gasteiger partial charge in [0.05, 0.1) is 6.42 Å². The Morgan fingerprint density at radius 2 is 2.36 bits per heavy atom.